The number of amides is 2. The van der Waals surface area contributed by atoms with Gasteiger partial charge in [0.25, 0.3) is 0 Å². The standard InChI is InChI=1S/C21H31N3O3/c1-24(14-15-5-3-2-4-6-15)19(16-7-8-16)13-22-21(27)23-18-11-9-17(10-12-18)20(25)26/h2-6,16-19H,7-14H2,1H3,(H,25,26)(H2,22,23,27). The van der Waals surface area contributed by atoms with Gasteiger partial charge < -0.3 is 15.7 Å². The Balaban J connectivity index is 1.42. The van der Waals surface area contributed by atoms with Gasteiger partial charge in [-0.05, 0) is 57.1 Å². The lowest BCUT2D eigenvalue weighted by atomic mass is 9.86. The lowest BCUT2D eigenvalue weighted by Crippen LogP contribution is -2.49. The summed E-state index contributed by atoms with van der Waals surface area (Å²) in [7, 11) is 2.13. The number of likely N-dealkylation sites (N-methyl/N-ethyl adjacent to an activating group) is 1. The molecule has 2 aliphatic rings. The Morgan fingerprint density at radius 3 is 2.37 bits per heavy atom. The van der Waals surface area contributed by atoms with Crippen LogP contribution in [0.4, 0.5) is 4.79 Å². The molecule has 2 saturated carbocycles. The van der Waals surface area contributed by atoms with Crippen molar-refractivity contribution >= 4 is 12.0 Å². The Morgan fingerprint density at radius 2 is 1.78 bits per heavy atom. The van der Waals surface area contributed by atoms with Crippen LogP contribution in [-0.2, 0) is 11.3 Å². The first-order valence-electron chi connectivity index (χ1n) is 10.0. The number of carbonyl (C=O) groups excluding carboxylic acids is 1. The first-order valence-corrected chi connectivity index (χ1v) is 10.0. The predicted octanol–water partition coefficient (Wildman–Crippen LogP) is 2.84. The van der Waals surface area contributed by atoms with Crippen molar-refractivity contribution in [3.63, 3.8) is 0 Å². The second-order valence-electron chi connectivity index (χ2n) is 8.05. The van der Waals surface area contributed by atoms with Crippen LogP contribution in [0.5, 0.6) is 0 Å². The van der Waals surface area contributed by atoms with Crippen molar-refractivity contribution in [3.05, 3.63) is 35.9 Å². The topological polar surface area (TPSA) is 81.7 Å². The molecule has 2 fully saturated rings. The van der Waals surface area contributed by atoms with E-state index in [0.29, 0.717) is 31.3 Å². The summed E-state index contributed by atoms with van der Waals surface area (Å²) in [6.07, 6.45) is 5.23. The van der Waals surface area contributed by atoms with E-state index in [0.717, 1.165) is 19.4 Å². The number of rotatable bonds is 8. The summed E-state index contributed by atoms with van der Waals surface area (Å²) in [6.45, 7) is 1.52. The van der Waals surface area contributed by atoms with Crippen LogP contribution in [0.15, 0.2) is 30.3 Å². The zero-order valence-corrected chi connectivity index (χ0v) is 16.1. The van der Waals surface area contributed by atoms with Crippen LogP contribution in [0.25, 0.3) is 0 Å². The molecule has 0 bridgehead atoms. The number of hydrogen-bond acceptors (Lipinski definition) is 3. The number of carboxylic acid groups (broad SMARTS) is 1. The summed E-state index contributed by atoms with van der Waals surface area (Å²) >= 11 is 0. The highest BCUT2D eigenvalue weighted by atomic mass is 16.4. The second-order valence-corrected chi connectivity index (χ2v) is 8.05. The third kappa shape index (κ3) is 5.96. The minimum absolute atomic E-state index is 0.0852. The molecule has 2 amide bonds. The average molecular weight is 373 g/mol. The first kappa shape index (κ1) is 19.7. The summed E-state index contributed by atoms with van der Waals surface area (Å²) in [4.78, 5) is 25.7. The number of carbonyl (C=O) groups is 2. The quantitative estimate of drug-likeness (QED) is 0.654. The molecular formula is C21H31N3O3. The largest absolute Gasteiger partial charge is 0.481 e. The number of nitrogens with zero attached hydrogens (tertiary/aromatic N) is 1. The van der Waals surface area contributed by atoms with E-state index in [-0.39, 0.29) is 18.0 Å². The van der Waals surface area contributed by atoms with E-state index in [2.05, 4.69) is 46.8 Å². The lowest BCUT2D eigenvalue weighted by molar-refractivity contribution is -0.142. The maximum atomic E-state index is 12.3. The van der Waals surface area contributed by atoms with E-state index in [4.69, 9.17) is 5.11 Å². The fourth-order valence-electron chi connectivity index (χ4n) is 4.07. The Labute approximate surface area is 161 Å². The highest BCUT2D eigenvalue weighted by molar-refractivity contribution is 5.74. The predicted molar refractivity (Wildman–Crippen MR) is 104 cm³/mol. The van der Waals surface area contributed by atoms with E-state index in [1.165, 1.54) is 18.4 Å². The fourth-order valence-corrected chi connectivity index (χ4v) is 4.07. The molecule has 148 valence electrons. The second kappa shape index (κ2) is 9.22. The summed E-state index contributed by atoms with van der Waals surface area (Å²) in [5.41, 5.74) is 1.28. The van der Waals surface area contributed by atoms with Crippen LogP contribution < -0.4 is 10.6 Å². The van der Waals surface area contributed by atoms with Gasteiger partial charge in [-0.15, -0.1) is 0 Å². The maximum Gasteiger partial charge on any atom is 0.315 e. The molecule has 1 atom stereocenters. The van der Waals surface area contributed by atoms with Crippen LogP contribution in [0, 0.1) is 11.8 Å². The molecule has 3 rings (SSSR count). The molecule has 0 radical (unpaired) electrons. The number of urea groups is 1. The van der Waals surface area contributed by atoms with Gasteiger partial charge in [-0.1, -0.05) is 30.3 Å². The summed E-state index contributed by atoms with van der Waals surface area (Å²) in [5, 5.41) is 15.1. The zero-order valence-electron chi connectivity index (χ0n) is 16.1. The SMILES string of the molecule is CN(Cc1ccccc1)C(CNC(=O)NC1CCC(C(=O)O)CC1)C1CC1. The Hall–Kier alpha value is -2.08. The Bertz CT molecular complexity index is 625. The van der Waals surface area contributed by atoms with Gasteiger partial charge in [0, 0.05) is 25.2 Å². The molecule has 1 unspecified atom stereocenters. The van der Waals surface area contributed by atoms with Crippen molar-refractivity contribution in [2.24, 2.45) is 11.8 Å². The maximum absolute atomic E-state index is 12.3. The van der Waals surface area contributed by atoms with Crippen molar-refractivity contribution < 1.29 is 14.7 Å². The molecule has 0 heterocycles. The Kier molecular flexibility index (Phi) is 6.72. The van der Waals surface area contributed by atoms with E-state index in [1.54, 1.807) is 0 Å². The molecule has 2 aliphatic carbocycles. The molecule has 6 heteroatoms. The number of carboxylic acids is 1. The van der Waals surface area contributed by atoms with Crippen LogP contribution in [-0.4, -0.2) is 47.7 Å². The molecule has 1 aromatic rings. The van der Waals surface area contributed by atoms with Gasteiger partial charge in [0.1, 0.15) is 0 Å². The summed E-state index contributed by atoms with van der Waals surface area (Å²) in [6, 6.07) is 10.7. The van der Waals surface area contributed by atoms with E-state index < -0.39 is 5.97 Å². The van der Waals surface area contributed by atoms with E-state index in [9.17, 15) is 9.59 Å². The third-order valence-corrected chi connectivity index (χ3v) is 5.89. The third-order valence-electron chi connectivity index (χ3n) is 5.89. The van der Waals surface area contributed by atoms with Gasteiger partial charge in [-0.25, -0.2) is 4.79 Å². The number of aliphatic carboxylic acids is 1. The molecule has 27 heavy (non-hydrogen) atoms. The molecule has 0 spiro atoms. The molecule has 0 aromatic heterocycles. The Morgan fingerprint density at radius 1 is 1.11 bits per heavy atom. The van der Waals surface area contributed by atoms with Crippen LogP contribution >= 0.6 is 0 Å². The van der Waals surface area contributed by atoms with Crippen molar-refractivity contribution in [2.45, 2.75) is 57.2 Å². The van der Waals surface area contributed by atoms with Gasteiger partial charge in [0.2, 0.25) is 0 Å². The minimum atomic E-state index is -0.716. The molecular weight excluding hydrogens is 342 g/mol. The van der Waals surface area contributed by atoms with Gasteiger partial charge >= 0.3 is 12.0 Å². The zero-order chi connectivity index (χ0) is 19.2. The highest BCUT2D eigenvalue weighted by Crippen LogP contribution is 2.35. The normalized spacial score (nSPS) is 23.6. The van der Waals surface area contributed by atoms with Crippen molar-refractivity contribution in [1.29, 1.82) is 0 Å². The van der Waals surface area contributed by atoms with E-state index in [1.807, 2.05) is 6.07 Å². The van der Waals surface area contributed by atoms with E-state index >= 15 is 0 Å². The van der Waals surface area contributed by atoms with Crippen molar-refractivity contribution in [1.82, 2.24) is 15.5 Å². The van der Waals surface area contributed by atoms with Gasteiger partial charge in [-0.2, -0.15) is 0 Å². The van der Waals surface area contributed by atoms with Crippen LogP contribution in [0.3, 0.4) is 0 Å². The number of hydrogen-bond donors (Lipinski definition) is 3. The van der Waals surface area contributed by atoms with Gasteiger partial charge in [0.05, 0.1) is 5.92 Å². The smallest absolute Gasteiger partial charge is 0.315 e. The average Bonchev–Trinajstić information content (AvgIpc) is 3.48. The molecule has 6 nitrogen and oxygen atoms in total. The van der Waals surface area contributed by atoms with Crippen LogP contribution in [0.2, 0.25) is 0 Å². The monoisotopic (exact) mass is 373 g/mol. The van der Waals surface area contributed by atoms with Gasteiger partial charge in [-0.3, -0.25) is 9.69 Å². The van der Waals surface area contributed by atoms with Crippen molar-refractivity contribution in [2.75, 3.05) is 13.6 Å². The molecule has 3 N–H and O–H groups in total. The van der Waals surface area contributed by atoms with Gasteiger partial charge in [0.15, 0.2) is 0 Å². The minimum Gasteiger partial charge on any atom is -0.481 e. The number of benzene rings is 1. The molecule has 0 saturated heterocycles. The van der Waals surface area contributed by atoms with Crippen LogP contribution in [0.1, 0.15) is 44.1 Å². The summed E-state index contributed by atoms with van der Waals surface area (Å²) < 4.78 is 0. The van der Waals surface area contributed by atoms with Crippen molar-refractivity contribution in [3.8, 4) is 0 Å². The summed E-state index contributed by atoms with van der Waals surface area (Å²) in [5.74, 6) is -0.311. The molecule has 0 aliphatic heterocycles. The molecule has 1 aromatic carbocycles. The first-order chi connectivity index (χ1) is 13.0. The highest BCUT2D eigenvalue weighted by Gasteiger charge is 2.34. The fraction of sp³-hybridized carbons (Fsp3) is 0.619. The number of nitrogens with one attached hydrogen (secondary N) is 2. The lowest BCUT2D eigenvalue weighted by Gasteiger charge is -2.30.